The Morgan fingerprint density at radius 1 is 1.47 bits per heavy atom. The van der Waals surface area contributed by atoms with Crippen LogP contribution in [0.2, 0.25) is 0 Å². The molecule has 15 heavy (non-hydrogen) atoms. The first kappa shape index (κ1) is 13.3. The van der Waals surface area contributed by atoms with Crippen molar-refractivity contribution in [2.75, 3.05) is 17.7 Å². The Kier molecular flexibility index (Phi) is 5.39. The molecule has 0 radical (unpaired) electrons. The van der Waals surface area contributed by atoms with Crippen LogP contribution < -0.4 is 5.32 Å². The number of nitrogens with one attached hydrogen (secondary N) is 1. The maximum absolute atomic E-state index is 9.34. The van der Waals surface area contributed by atoms with Gasteiger partial charge in [-0.2, -0.15) is 0 Å². The van der Waals surface area contributed by atoms with Crippen LogP contribution in [0.3, 0.4) is 0 Å². The predicted molar refractivity (Wildman–Crippen MR) is 71.8 cm³/mol. The molecule has 1 aromatic rings. The third kappa shape index (κ3) is 3.94. The van der Waals surface area contributed by atoms with E-state index in [1.54, 1.807) is 0 Å². The number of alkyl halides is 1. The number of benzene rings is 1. The monoisotopic (exact) mass is 355 g/mol. The second-order valence-corrected chi connectivity index (χ2v) is 5.35. The van der Waals surface area contributed by atoms with E-state index in [0.29, 0.717) is 6.54 Å². The van der Waals surface area contributed by atoms with E-state index < -0.39 is 6.10 Å². The molecule has 1 unspecified atom stereocenters. The second-order valence-electron chi connectivity index (χ2n) is 3.27. The summed E-state index contributed by atoms with van der Waals surface area (Å²) in [6, 6.07) is 3.97. The zero-order chi connectivity index (χ0) is 11.4. The van der Waals surface area contributed by atoms with Gasteiger partial charge in [-0.3, -0.25) is 0 Å². The first-order valence-electron chi connectivity index (χ1n) is 4.48. The summed E-state index contributed by atoms with van der Waals surface area (Å²) in [6.07, 6.45) is -0.526. The van der Waals surface area contributed by atoms with E-state index in [2.05, 4.69) is 37.2 Å². The van der Waals surface area contributed by atoms with E-state index in [0.717, 1.165) is 20.2 Å². The van der Waals surface area contributed by atoms with Crippen molar-refractivity contribution in [3.8, 4) is 0 Å². The molecule has 0 aliphatic rings. The molecule has 0 heterocycles. The number of aryl methyl sites for hydroxylation is 1. The van der Waals surface area contributed by atoms with Crippen LogP contribution in [0, 0.1) is 6.92 Å². The van der Waals surface area contributed by atoms with Crippen molar-refractivity contribution in [2.24, 2.45) is 0 Å². The lowest BCUT2D eigenvalue weighted by Gasteiger charge is -2.14. The van der Waals surface area contributed by atoms with Crippen molar-refractivity contribution >= 4 is 49.1 Å². The quantitative estimate of drug-likeness (QED) is 0.808. The number of hydrogen-bond donors (Lipinski definition) is 2. The van der Waals surface area contributed by atoms with E-state index in [9.17, 15) is 5.11 Å². The molecule has 0 bridgehead atoms. The third-order valence-electron chi connectivity index (χ3n) is 1.94. The molecule has 1 atom stereocenters. The molecule has 0 fully saturated rings. The number of hydrogen-bond acceptors (Lipinski definition) is 2. The van der Waals surface area contributed by atoms with Crippen LogP contribution in [0.5, 0.6) is 0 Å². The predicted octanol–water partition coefficient (Wildman–Crippen LogP) is 3.53. The fourth-order valence-corrected chi connectivity index (χ4v) is 2.89. The van der Waals surface area contributed by atoms with Crippen molar-refractivity contribution in [2.45, 2.75) is 13.0 Å². The van der Waals surface area contributed by atoms with Crippen molar-refractivity contribution < 1.29 is 5.11 Å². The van der Waals surface area contributed by atoms with Gasteiger partial charge >= 0.3 is 0 Å². The topological polar surface area (TPSA) is 32.3 Å². The van der Waals surface area contributed by atoms with Gasteiger partial charge in [0.25, 0.3) is 0 Å². The first-order chi connectivity index (χ1) is 7.04. The van der Waals surface area contributed by atoms with Crippen LogP contribution in [0.1, 0.15) is 5.56 Å². The largest absolute Gasteiger partial charge is 0.390 e. The van der Waals surface area contributed by atoms with E-state index in [1.807, 2.05) is 19.1 Å². The molecule has 0 saturated heterocycles. The summed E-state index contributed by atoms with van der Waals surface area (Å²) < 4.78 is 1.99. The average molecular weight is 357 g/mol. The minimum Gasteiger partial charge on any atom is -0.390 e. The number of aliphatic hydroxyl groups is 1. The van der Waals surface area contributed by atoms with Crippen LogP contribution >= 0.6 is 43.5 Å². The number of aliphatic hydroxyl groups excluding tert-OH is 1. The van der Waals surface area contributed by atoms with Gasteiger partial charge in [0.15, 0.2) is 0 Å². The average Bonchev–Trinajstić information content (AvgIpc) is 2.15. The zero-order valence-electron chi connectivity index (χ0n) is 8.23. The van der Waals surface area contributed by atoms with Gasteiger partial charge in [-0.05, 0) is 40.5 Å². The van der Waals surface area contributed by atoms with Gasteiger partial charge in [0.2, 0.25) is 0 Å². The lowest BCUT2D eigenvalue weighted by Crippen LogP contribution is -2.21. The van der Waals surface area contributed by atoms with Crippen LogP contribution in [-0.4, -0.2) is 23.6 Å². The fourth-order valence-electron chi connectivity index (χ4n) is 1.20. The van der Waals surface area contributed by atoms with Crippen molar-refractivity contribution in [3.05, 3.63) is 26.6 Å². The standard InChI is InChI=1S/C10H12Br2ClNO/c1-6-2-7(11)3-9(12)10(6)14-5-8(15)4-13/h2-3,8,14-15H,4-5H2,1H3. The molecule has 0 amide bonds. The molecule has 0 saturated carbocycles. The van der Waals surface area contributed by atoms with Gasteiger partial charge in [-0.1, -0.05) is 15.9 Å². The van der Waals surface area contributed by atoms with Gasteiger partial charge in [0.1, 0.15) is 0 Å². The summed E-state index contributed by atoms with van der Waals surface area (Å²) in [5.74, 6) is 0.236. The molecule has 1 rings (SSSR count). The Morgan fingerprint density at radius 2 is 2.13 bits per heavy atom. The molecular formula is C10H12Br2ClNO. The van der Waals surface area contributed by atoms with Gasteiger partial charge in [0, 0.05) is 15.5 Å². The lowest BCUT2D eigenvalue weighted by molar-refractivity contribution is 0.211. The van der Waals surface area contributed by atoms with Crippen LogP contribution in [0.15, 0.2) is 21.1 Å². The van der Waals surface area contributed by atoms with Crippen LogP contribution in [0.25, 0.3) is 0 Å². The first-order valence-corrected chi connectivity index (χ1v) is 6.60. The normalized spacial score (nSPS) is 12.6. The SMILES string of the molecule is Cc1cc(Br)cc(Br)c1NCC(O)CCl. The molecular weight excluding hydrogens is 345 g/mol. The summed E-state index contributed by atoms with van der Waals surface area (Å²) in [5, 5.41) is 12.5. The van der Waals surface area contributed by atoms with Crippen LogP contribution in [0.4, 0.5) is 5.69 Å². The van der Waals surface area contributed by atoms with Crippen molar-refractivity contribution in [1.82, 2.24) is 0 Å². The van der Waals surface area contributed by atoms with Gasteiger partial charge in [0.05, 0.1) is 17.7 Å². The maximum Gasteiger partial charge on any atom is 0.0847 e. The third-order valence-corrected chi connectivity index (χ3v) is 3.38. The van der Waals surface area contributed by atoms with E-state index in [1.165, 1.54) is 0 Å². The Bertz CT molecular complexity index is 323. The Hall–Kier alpha value is 0.230. The molecule has 0 aromatic heterocycles. The van der Waals surface area contributed by atoms with Crippen LogP contribution in [-0.2, 0) is 0 Å². The van der Waals surface area contributed by atoms with E-state index >= 15 is 0 Å². The highest BCUT2D eigenvalue weighted by atomic mass is 79.9. The second kappa shape index (κ2) is 6.09. The van der Waals surface area contributed by atoms with E-state index in [4.69, 9.17) is 11.6 Å². The summed E-state index contributed by atoms with van der Waals surface area (Å²) in [4.78, 5) is 0. The Balaban J connectivity index is 2.77. The van der Waals surface area contributed by atoms with Gasteiger partial charge in [-0.25, -0.2) is 0 Å². The molecule has 2 N–H and O–H groups in total. The highest BCUT2D eigenvalue weighted by Gasteiger charge is 2.07. The Labute approximate surface area is 111 Å². The molecule has 0 aliphatic carbocycles. The molecule has 2 nitrogen and oxygen atoms in total. The number of halogens is 3. The smallest absolute Gasteiger partial charge is 0.0847 e. The fraction of sp³-hybridized carbons (Fsp3) is 0.400. The molecule has 0 aliphatic heterocycles. The highest BCUT2D eigenvalue weighted by molar-refractivity contribution is 9.11. The van der Waals surface area contributed by atoms with Crippen molar-refractivity contribution in [3.63, 3.8) is 0 Å². The minimum absolute atomic E-state index is 0.236. The van der Waals surface area contributed by atoms with Gasteiger partial charge < -0.3 is 10.4 Å². The molecule has 1 aromatic carbocycles. The zero-order valence-corrected chi connectivity index (χ0v) is 12.2. The molecule has 5 heteroatoms. The van der Waals surface area contributed by atoms with E-state index in [-0.39, 0.29) is 5.88 Å². The van der Waals surface area contributed by atoms with Gasteiger partial charge in [-0.15, -0.1) is 11.6 Å². The molecule has 0 spiro atoms. The number of rotatable bonds is 4. The molecule has 84 valence electrons. The lowest BCUT2D eigenvalue weighted by atomic mass is 10.2. The highest BCUT2D eigenvalue weighted by Crippen LogP contribution is 2.30. The number of anilines is 1. The minimum atomic E-state index is -0.526. The summed E-state index contributed by atoms with van der Waals surface area (Å²) in [7, 11) is 0. The summed E-state index contributed by atoms with van der Waals surface area (Å²) >= 11 is 12.4. The van der Waals surface area contributed by atoms with Crippen molar-refractivity contribution in [1.29, 1.82) is 0 Å². The summed E-state index contributed by atoms with van der Waals surface area (Å²) in [6.45, 7) is 2.45. The summed E-state index contributed by atoms with van der Waals surface area (Å²) in [5.41, 5.74) is 2.10. The Morgan fingerprint density at radius 3 is 2.67 bits per heavy atom. The maximum atomic E-state index is 9.34.